The lowest BCUT2D eigenvalue weighted by atomic mass is 9.84. The van der Waals surface area contributed by atoms with E-state index in [2.05, 4.69) is 4.18 Å². The highest BCUT2D eigenvalue weighted by molar-refractivity contribution is 7.88. The molecule has 0 unspecified atom stereocenters. The fourth-order valence-electron chi connectivity index (χ4n) is 2.91. The van der Waals surface area contributed by atoms with Crippen LogP contribution in [-0.4, -0.2) is 38.6 Å². The first kappa shape index (κ1) is 17.0. The van der Waals surface area contributed by atoms with E-state index in [9.17, 15) is 26.4 Å². The monoisotopic (exact) mass is 365 g/mol. The van der Waals surface area contributed by atoms with E-state index in [-0.39, 0.29) is 5.91 Å². The zero-order valence-corrected chi connectivity index (χ0v) is 13.2. The van der Waals surface area contributed by atoms with Gasteiger partial charge in [0.1, 0.15) is 5.75 Å². The number of hydrogen-bond acceptors (Lipinski definition) is 5. The third-order valence-corrected chi connectivity index (χ3v) is 5.06. The zero-order chi connectivity index (χ0) is 17.6. The Bertz CT molecular complexity index is 741. The van der Waals surface area contributed by atoms with Crippen LogP contribution in [0.1, 0.15) is 19.3 Å². The van der Waals surface area contributed by atoms with Gasteiger partial charge in [0.25, 0.3) is 0 Å². The van der Waals surface area contributed by atoms with Gasteiger partial charge in [-0.3, -0.25) is 4.79 Å². The summed E-state index contributed by atoms with van der Waals surface area (Å²) < 4.78 is 68.2. The van der Waals surface area contributed by atoms with Crippen LogP contribution in [0.4, 0.5) is 18.9 Å². The number of ether oxygens (including phenoxy) is 1. The molecule has 0 saturated carbocycles. The van der Waals surface area contributed by atoms with Crippen LogP contribution in [-0.2, 0) is 19.6 Å². The molecule has 0 bridgehead atoms. The number of piperidine rings is 1. The van der Waals surface area contributed by atoms with Crippen LogP contribution < -0.4 is 9.08 Å². The van der Waals surface area contributed by atoms with Crippen molar-refractivity contribution >= 4 is 21.7 Å². The first-order chi connectivity index (χ1) is 11.1. The molecule has 1 aromatic rings. The Morgan fingerprint density at radius 1 is 1.17 bits per heavy atom. The van der Waals surface area contributed by atoms with Gasteiger partial charge in [0, 0.05) is 12.1 Å². The molecule has 0 atom stereocenters. The van der Waals surface area contributed by atoms with Gasteiger partial charge in [-0.1, -0.05) is 0 Å². The number of benzene rings is 1. The molecule has 1 spiro atoms. The van der Waals surface area contributed by atoms with E-state index in [0.717, 1.165) is 25.0 Å². The summed E-state index contributed by atoms with van der Waals surface area (Å²) in [6, 6.07) is 4.91. The smallest absolute Gasteiger partial charge is 0.376 e. The van der Waals surface area contributed by atoms with Crippen LogP contribution >= 0.6 is 0 Å². The summed E-state index contributed by atoms with van der Waals surface area (Å²) in [5.41, 5.74) is -5.45. The van der Waals surface area contributed by atoms with Gasteiger partial charge in [-0.25, -0.2) is 0 Å². The number of alkyl halides is 3. The second-order valence-corrected chi connectivity index (χ2v) is 7.31. The molecule has 0 N–H and O–H groups in total. The summed E-state index contributed by atoms with van der Waals surface area (Å²) in [4.78, 5) is 13.8. The van der Waals surface area contributed by atoms with Crippen molar-refractivity contribution in [2.24, 2.45) is 0 Å². The minimum atomic E-state index is -5.72. The number of nitrogens with zero attached hydrogens (tertiary/aromatic N) is 1. The van der Waals surface area contributed by atoms with Crippen molar-refractivity contribution in [3.8, 4) is 5.75 Å². The van der Waals surface area contributed by atoms with Gasteiger partial charge in [0.05, 0.1) is 18.8 Å². The second kappa shape index (κ2) is 5.62. The van der Waals surface area contributed by atoms with Crippen LogP contribution in [0.25, 0.3) is 0 Å². The lowest BCUT2D eigenvalue weighted by Crippen LogP contribution is -2.66. The maximum absolute atomic E-state index is 12.3. The third-order valence-electron chi connectivity index (χ3n) is 4.08. The molecule has 0 aliphatic carbocycles. The second-order valence-electron chi connectivity index (χ2n) is 5.78. The zero-order valence-electron chi connectivity index (χ0n) is 12.4. The number of amides is 1. The number of hydrogen-bond donors (Lipinski definition) is 0. The maximum atomic E-state index is 12.3. The Morgan fingerprint density at radius 3 is 2.29 bits per heavy atom. The lowest BCUT2D eigenvalue weighted by molar-refractivity contribution is -0.130. The average molecular weight is 365 g/mol. The summed E-state index contributed by atoms with van der Waals surface area (Å²) in [6.45, 7) is 0.804. The highest BCUT2D eigenvalue weighted by Crippen LogP contribution is 2.39. The fraction of sp³-hybridized carbons (Fsp3) is 0.500. The predicted molar refractivity (Wildman–Crippen MR) is 76.9 cm³/mol. The van der Waals surface area contributed by atoms with E-state index in [1.54, 1.807) is 4.90 Å². The van der Waals surface area contributed by atoms with Crippen LogP contribution in [0.15, 0.2) is 24.3 Å². The molecule has 6 nitrogen and oxygen atoms in total. The maximum Gasteiger partial charge on any atom is 0.534 e. The number of anilines is 1. The normalized spacial score (nSPS) is 20.8. The van der Waals surface area contributed by atoms with E-state index >= 15 is 0 Å². The van der Waals surface area contributed by atoms with Gasteiger partial charge >= 0.3 is 15.6 Å². The van der Waals surface area contributed by atoms with E-state index in [0.29, 0.717) is 25.3 Å². The SMILES string of the molecule is O=C1CCCC2(COC2)N1c1ccc(OS(=O)(=O)C(F)(F)F)cc1. The average Bonchev–Trinajstić information content (AvgIpc) is 2.45. The lowest BCUT2D eigenvalue weighted by Gasteiger charge is -2.52. The molecule has 2 aliphatic rings. The topological polar surface area (TPSA) is 72.9 Å². The molecule has 0 radical (unpaired) electrons. The first-order valence-corrected chi connectivity index (χ1v) is 8.57. The van der Waals surface area contributed by atoms with Gasteiger partial charge in [0.15, 0.2) is 0 Å². The van der Waals surface area contributed by atoms with Crippen molar-refractivity contribution in [3.05, 3.63) is 24.3 Å². The van der Waals surface area contributed by atoms with Crippen LogP contribution in [0.2, 0.25) is 0 Å². The van der Waals surface area contributed by atoms with Gasteiger partial charge in [-0.2, -0.15) is 21.6 Å². The number of carbonyl (C=O) groups is 1. The molecular formula is C14H14F3NO5S. The van der Waals surface area contributed by atoms with E-state index in [1.165, 1.54) is 12.1 Å². The Hall–Kier alpha value is -1.81. The Kier molecular flexibility index (Phi) is 3.99. The molecule has 0 aromatic heterocycles. The van der Waals surface area contributed by atoms with E-state index in [1.807, 2.05) is 0 Å². The quantitative estimate of drug-likeness (QED) is 0.607. The van der Waals surface area contributed by atoms with Crippen LogP contribution in [0, 0.1) is 0 Å². The first-order valence-electron chi connectivity index (χ1n) is 7.16. The molecule has 24 heavy (non-hydrogen) atoms. The fourth-order valence-corrected chi connectivity index (χ4v) is 3.37. The Morgan fingerprint density at radius 2 is 1.79 bits per heavy atom. The van der Waals surface area contributed by atoms with Gasteiger partial charge in [0.2, 0.25) is 5.91 Å². The predicted octanol–water partition coefficient (Wildman–Crippen LogP) is 2.20. The van der Waals surface area contributed by atoms with Crippen LogP contribution in [0.3, 0.4) is 0 Å². The highest BCUT2D eigenvalue weighted by Gasteiger charge is 2.50. The molecule has 2 fully saturated rings. The highest BCUT2D eigenvalue weighted by atomic mass is 32.2. The molecule has 1 aromatic carbocycles. The molecule has 10 heteroatoms. The summed E-state index contributed by atoms with van der Waals surface area (Å²) in [5.74, 6) is -0.569. The van der Waals surface area contributed by atoms with Crippen molar-refractivity contribution in [3.63, 3.8) is 0 Å². The van der Waals surface area contributed by atoms with Crippen molar-refractivity contribution in [1.29, 1.82) is 0 Å². The van der Waals surface area contributed by atoms with Gasteiger partial charge in [-0.15, -0.1) is 0 Å². The van der Waals surface area contributed by atoms with Crippen molar-refractivity contribution < 1.29 is 35.3 Å². The summed E-state index contributed by atoms with van der Waals surface area (Å²) >= 11 is 0. The minimum absolute atomic E-state index is 0.0962. The van der Waals surface area contributed by atoms with E-state index < -0.39 is 26.9 Å². The standard InChI is InChI=1S/C14H14F3NO5S/c15-14(16,17)24(20,21)23-11-5-3-10(4-6-11)18-12(19)2-1-7-13(18)8-22-9-13/h3-6H,1-2,7-9H2. The summed E-state index contributed by atoms with van der Waals surface area (Å²) in [6.07, 6.45) is 1.91. The van der Waals surface area contributed by atoms with Crippen molar-refractivity contribution in [2.45, 2.75) is 30.3 Å². The molecular weight excluding hydrogens is 351 g/mol. The third kappa shape index (κ3) is 2.84. The molecule has 3 rings (SSSR count). The van der Waals surface area contributed by atoms with Crippen molar-refractivity contribution in [2.75, 3.05) is 18.1 Å². The van der Waals surface area contributed by atoms with Crippen LogP contribution in [0.5, 0.6) is 5.75 Å². The van der Waals surface area contributed by atoms with E-state index in [4.69, 9.17) is 4.74 Å². The van der Waals surface area contributed by atoms with Gasteiger partial charge < -0.3 is 13.8 Å². The van der Waals surface area contributed by atoms with Crippen molar-refractivity contribution in [1.82, 2.24) is 0 Å². The minimum Gasteiger partial charge on any atom is -0.376 e. The van der Waals surface area contributed by atoms with Gasteiger partial charge in [-0.05, 0) is 37.1 Å². The molecule has 132 valence electrons. The number of rotatable bonds is 3. The number of carbonyl (C=O) groups excluding carboxylic acids is 1. The molecule has 1 amide bonds. The molecule has 2 saturated heterocycles. The number of halogens is 3. The molecule has 2 heterocycles. The largest absolute Gasteiger partial charge is 0.534 e. The molecule has 2 aliphatic heterocycles. The summed E-state index contributed by atoms with van der Waals surface area (Å²) in [5, 5.41) is 0. The Labute approximate surface area is 136 Å². The Balaban J connectivity index is 1.83. The summed E-state index contributed by atoms with van der Waals surface area (Å²) in [7, 11) is -5.72.